The molecule has 0 aromatic carbocycles. The summed E-state index contributed by atoms with van der Waals surface area (Å²) < 4.78 is 11.5. The van der Waals surface area contributed by atoms with Crippen LogP contribution in [0.25, 0.3) is 0 Å². The molecule has 0 amide bonds. The highest BCUT2D eigenvalue weighted by Gasteiger charge is 2.64. The minimum absolute atomic E-state index is 0.0209. The Morgan fingerprint density at radius 1 is 1.07 bits per heavy atom. The van der Waals surface area contributed by atoms with Crippen LogP contribution in [-0.4, -0.2) is 35.5 Å². The van der Waals surface area contributed by atoms with Gasteiger partial charge < -0.3 is 19.7 Å². The Morgan fingerprint density at radius 2 is 1.96 bits per heavy atom. The summed E-state index contributed by atoms with van der Waals surface area (Å²) in [6.45, 7) is 3.58. The van der Waals surface area contributed by atoms with E-state index in [2.05, 4.69) is 13.0 Å². The van der Waals surface area contributed by atoms with Gasteiger partial charge in [-0.05, 0) is 87.4 Å². The SMILES string of the molecule is C[C@]12CCCCC1=CC[C@H]1[C@@H]3CCC[C@@]3(C(O)(O)OCC3CCCO3)CC[C@@H]12. The zero-order valence-electron chi connectivity index (χ0n) is 17.5. The van der Waals surface area contributed by atoms with E-state index in [1.807, 2.05) is 0 Å². The molecule has 158 valence electrons. The van der Waals surface area contributed by atoms with Crippen LogP contribution in [0.15, 0.2) is 11.6 Å². The Morgan fingerprint density at radius 3 is 2.79 bits per heavy atom. The summed E-state index contributed by atoms with van der Waals surface area (Å²) in [6, 6.07) is 0. The van der Waals surface area contributed by atoms with E-state index in [4.69, 9.17) is 9.47 Å². The first kappa shape index (κ1) is 19.5. The second kappa shape index (κ2) is 7.08. The molecule has 5 rings (SSSR count). The zero-order chi connectivity index (χ0) is 19.4. The number of rotatable bonds is 4. The van der Waals surface area contributed by atoms with E-state index >= 15 is 0 Å². The first-order chi connectivity index (χ1) is 13.5. The molecule has 5 aliphatic rings. The molecule has 1 saturated heterocycles. The quantitative estimate of drug-likeness (QED) is 0.546. The van der Waals surface area contributed by atoms with Crippen LogP contribution < -0.4 is 0 Å². The normalized spacial score (nSPS) is 45.9. The smallest absolute Gasteiger partial charge is 0.284 e. The number of hydrogen-bond donors (Lipinski definition) is 2. The molecule has 0 radical (unpaired) electrons. The molecule has 3 saturated carbocycles. The molecule has 4 nitrogen and oxygen atoms in total. The van der Waals surface area contributed by atoms with Crippen molar-refractivity contribution in [2.24, 2.45) is 28.6 Å². The first-order valence-electron chi connectivity index (χ1n) is 11.9. The predicted molar refractivity (Wildman–Crippen MR) is 107 cm³/mol. The maximum atomic E-state index is 11.2. The van der Waals surface area contributed by atoms with Crippen molar-refractivity contribution >= 4 is 0 Å². The van der Waals surface area contributed by atoms with Gasteiger partial charge in [-0.25, -0.2) is 0 Å². The van der Waals surface area contributed by atoms with Crippen molar-refractivity contribution in [1.29, 1.82) is 0 Å². The summed E-state index contributed by atoms with van der Waals surface area (Å²) in [5.41, 5.74) is 1.56. The Hall–Kier alpha value is -0.420. The largest absolute Gasteiger partial charge is 0.376 e. The third-order valence-corrected chi connectivity index (χ3v) is 9.51. The summed E-state index contributed by atoms with van der Waals surface area (Å²) in [7, 11) is 0. The van der Waals surface area contributed by atoms with Gasteiger partial charge in [0.25, 0.3) is 5.97 Å². The number of hydrogen-bond acceptors (Lipinski definition) is 4. The number of aliphatic hydroxyl groups is 2. The monoisotopic (exact) mass is 390 g/mol. The zero-order valence-corrected chi connectivity index (χ0v) is 17.5. The fourth-order valence-corrected chi connectivity index (χ4v) is 8.05. The summed E-state index contributed by atoms with van der Waals surface area (Å²) in [4.78, 5) is 0. The summed E-state index contributed by atoms with van der Waals surface area (Å²) >= 11 is 0. The van der Waals surface area contributed by atoms with E-state index < -0.39 is 11.4 Å². The van der Waals surface area contributed by atoms with Crippen LogP contribution >= 0.6 is 0 Å². The van der Waals surface area contributed by atoms with E-state index in [9.17, 15) is 10.2 Å². The van der Waals surface area contributed by atoms with Crippen LogP contribution in [0, 0.1) is 28.6 Å². The van der Waals surface area contributed by atoms with Gasteiger partial charge in [-0.2, -0.15) is 0 Å². The average molecular weight is 391 g/mol. The van der Waals surface area contributed by atoms with E-state index in [0.717, 1.165) is 58.0 Å². The van der Waals surface area contributed by atoms with Crippen LogP contribution in [0.1, 0.15) is 84.0 Å². The lowest BCUT2D eigenvalue weighted by molar-refractivity contribution is -0.414. The van der Waals surface area contributed by atoms with Crippen molar-refractivity contribution in [2.75, 3.05) is 13.2 Å². The molecule has 0 bridgehead atoms. The van der Waals surface area contributed by atoms with Gasteiger partial charge in [0.15, 0.2) is 0 Å². The van der Waals surface area contributed by atoms with Crippen LogP contribution in [0.4, 0.5) is 0 Å². The van der Waals surface area contributed by atoms with Crippen molar-refractivity contribution in [3.05, 3.63) is 11.6 Å². The second-order valence-electron chi connectivity index (χ2n) is 10.6. The number of fused-ring (bicyclic) bond motifs is 5. The third-order valence-electron chi connectivity index (χ3n) is 9.51. The Balaban J connectivity index is 1.39. The van der Waals surface area contributed by atoms with Crippen LogP contribution in [0.5, 0.6) is 0 Å². The van der Waals surface area contributed by atoms with E-state index in [-0.39, 0.29) is 6.10 Å². The van der Waals surface area contributed by atoms with E-state index in [0.29, 0.717) is 29.8 Å². The molecule has 2 N–H and O–H groups in total. The molecule has 4 heteroatoms. The highest BCUT2D eigenvalue weighted by Crippen LogP contribution is 2.67. The molecule has 4 fully saturated rings. The topological polar surface area (TPSA) is 58.9 Å². The average Bonchev–Trinajstić information content (AvgIpc) is 3.36. The van der Waals surface area contributed by atoms with Gasteiger partial charge >= 0.3 is 0 Å². The standard InChI is InChI=1S/C24H38O4/c1-22-12-3-2-6-17(22)9-10-19-20(22)11-14-23(13-4-8-21(19)23)24(25,26)28-16-18-7-5-15-27-18/h9,18-21,25-26H,2-8,10-16H2,1H3/t18?,19-,20+,21+,22+,23-/m1/s1. The van der Waals surface area contributed by atoms with Crippen LogP contribution in [-0.2, 0) is 9.47 Å². The minimum atomic E-state index is -2.03. The molecule has 1 heterocycles. The molecule has 0 aromatic heterocycles. The van der Waals surface area contributed by atoms with Crippen molar-refractivity contribution in [3.8, 4) is 0 Å². The van der Waals surface area contributed by atoms with Gasteiger partial charge in [-0.3, -0.25) is 0 Å². The van der Waals surface area contributed by atoms with Gasteiger partial charge in [0, 0.05) is 6.61 Å². The molecule has 28 heavy (non-hydrogen) atoms. The predicted octanol–water partition coefficient (Wildman–Crippen LogP) is 4.54. The molecule has 1 unspecified atom stereocenters. The Bertz CT molecular complexity index is 622. The fourth-order valence-electron chi connectivity index (χ4n) is 8.05. The van der Waals surface area contributed by atoms with Gasteiger partial charge in [-0.15, -0.1) is 0 Å². The highest BCUT2D eigenvalue weighted by atomic mass is 16.8. The molecular formula is C24H38O4. The number of ether oxygens (including phenoxy) is 2. The van der Waals surface area contributed by atoms with Gasteiger partial charge in [-0.1, -0.05) is 31.4 Å². The molecule has 1 aliphatic heterocycles. The third kappa shape index (κ3) is 2.85. The fraction of sp³-hybridized carbons (Fsp3) is 0.917. The maximum Gasteiger partial charge on any atom is 0.284 e. The summed E-state index contributed by atoms with van der Waals surface area (Å²) in [5, 5.41) is 22.4. The molecule has 0 aromatic rings. The number of allylic oxidation sites excluding steroid dienone is 2. The van der Waals surface area contributed by atoms with E-state index in [1.165, 1.54) is 25.7 Å². The van der Waals surface area contributed by atoms with Gasteiger partial charge in [0.05, 0.1) is 18.1 Å². The van der Waals surface area contributed by atoms with Crippen molar-refractivity contribution in [3.63, 3.8) is 0 Å². The van der Waals surface area contributed by atoms with Crippen LogP contribution in [0.3, 0.4) is 0 Å². The Kier molecular flexibility index (Phi) is 4.94. The van der Waals surface area contributed by atoms with Crippen molar-refractivity contribution in [2.45, 2.75) is 96.1 Å². The minimum Gasteiger partial charge on any atom is -0.376 e. The van der Waals surface area contributed by atoms with Crippen molar-refractivity contribution in [1.82, 2.24) is 0 Å². The lowest BCUT2D eigenvalue weighted by atomic mass is 9.47. The molecule has 0 spiro atoms. The second-order valence-corrected chi connectivity index (χ2v) is 10.6. The van der Waals surface area contributed by atoms with Gasteiger partial charge in [0.1, 0.15) is 0 Å². The van der Waals surface area contributed by atoms with Crippen molar-refractivity contribution < 1.29 is 19.7 Å². The lowest BCUT2D eigenvalue weighted by Crippen LogP contribution is -2.59. The summed E-state index contributed by atoms with van der Waals surface area (Å²) in [6.07, 6.45) is 16.1. The highest BCUT2D eigenvalue weighted by molar-refractivity contribution is 5.24. The molecule has 4 aliphatic carbocycles. The van der Waals surface area contributed by atoms with E-state index in [1.54, 1.807) is 5.57 Å². The van der Waals surface area contributed by atoms with Gasteiger partial charge in [0.2, 0.25) is 0 Å². The summed E-state index contributed by atoms with van der Waals surface area (Å²) in [5.74, 6) is -0.379. The first-order valence-corrected chi connectivity index (χ1v) is 11.9. The van der Waals surface area contributed by atoms with Crippen LogP contribution in [0.2, 0.25) is 0 Å². The Labute approximate surface area is 169 Å². The lowest BCUT2D eigenvalue weighted by Gasteiger charge is -2.59. The molecular weight excluding hydrogens is 352 g/mol. The molecule has 6 atom stereocenters. The maximum absolute atomic E-state index is 11.2.